The molecule has 1 N–H and O–H groups in total. The van der Waals surface area contributed by atoms with Crippen LogP contribution in [0.5, 0.6) is 0 Å². The summed E-state index contributed by atoms with van der Waals surface area (Å²) in [7, 11) is 0. The molecule has 4 aromatic carbocycles. The third-order valence-corrected chi connectivity index (χ3v) is 5.77. The molecule has 1 heterocycles. The quantitative estimate of drug-likeness (QED) is 0.298. The molecule has 0 spiro atoms. The number of H-pyrrole nitrogens is 1. The Bertz CT molecular complexity index is 1330. The summed E-state index contributed by atoms with van der Waals surface area (Å²) in [4.78, 5) is 8.41. The van der Waals surface area contributed by atoms with Crippen LogP contribution in [0, 0.1) is 0 Å². The van der Waals surface area contributed by atoms with E-state index in [1.165, 1.54) is 11.1 Å². The SMILES string of the molecule is Clc1ccc(-c2nc(-c3ccccc3)c(-c3ccc(-c4ccccc4)cc3)[nH]2)c(Cl)c1. The van der Waals surface area contributed by atoms with Crippen LogP contribution in [-0.4, -0.2) is 9.97 Å². The average Bonchev–Trinajstić information content (AvgIpc) is 3.25. The third-order valence-electron chi connectivity index (χ3n) is 5.22. The van der Waals surface area contributed by atoms with Gasteiger partial charge in [-0.2, -0.15) is 0 Å². The summed E-state index contributed by atoms with van der Waals surface area (Å²) in [5.41, 5.74) is 7.11. The number of aromatic amines is 1. The van der Waals surface area contributed by atoms with Gasteiger partial charge in [-0.3, -0.25) is 0 Å². The van der Waals surface area contributed by atoms with Crippen LogP contribution in [0.25, 0.3) is 45.0 Å². The Labute approximate surface area is 191 Å². The van der Waals surface area contributed by atoms with Crippen molar-refractivity contribution < 1.29 is 0 Å². The van der Waals surface area contributed by atoms with Crippen LogP contribution < -0.4 is 0 Å². The molecule has 0 aliphatic carbocycles. The summed E-state index contributed by atoms with van der Waals surface area (Å²) < 4.78 is 0. The van der Waals surface area contributed by atoms with Crippen LogP contribution in [0.3, 0.4) is 0 Å². The number of hydrogen-bond donors (Lipinski definition) is 1. The number of imidazole rings is 1. The summed E-state index contributed by atoms with van der Waals surface area (Å²) >= 11 is 12.5. The molecular weight excluding hydrogens is 423 g/mol. The first kappa shape index (κ1) is 19.6. The van der Waals surface area contributed by atoms with E-state index in [9.17, 15) is 0 Å². The summed E-state index contributed by atoms with van der Waals surface area (Å²) in [6, 6.07) is 34.5. The minimum absolute atomic E-state index is 0.562. The highest BCUT2D eigenvalue weighted by molar-refractivity contribution is 6.36. The largest absolute Gasteiger partial charge is 0.337 e. The molecule has 0 bridgehead atoms. The average molecular weight is 441 g/mol. The molecule has 31 heavy (non-hydrogen) atoms. The normalized spacial score (nSPS) is 10.9. The standard InChI is InChI=1S/C27H18Cl2N2/c28-22-15-16-23(24(29)17-22)27-30-25(20-9-5-2-6-10-20)26(31-27)21-13-11-19(12-14-21)18-7-3-1-4-8-18/h1-17H,(H,30,31). The van der Waals surface area contributed by atoms with E-state index in [-0.39, 0.29) is 0 Å². The monoisotopic (exact) mass is 440 g/mol. The van der Waals surface area contributed by atoms with Gasteiger partial charge in [-0.1, -0.05) is 108 Å². The molecule has 4 heteroatoms. The summed E-state index contributed by atoms with van der Waals surface area (Å²) in [6.45, 7) is 0. The zero-order valence-electron chi connectivity index (χ0n) is 16.5. The van der Waals surface area contributed by atoms with Gasteiger partial charge in [-0.25, -0.2) is 4.98 Å². The molecule has 0 saturated carbocycles. The maximum Gasteiger partial charge on any atom is 0.140 e. The Balaban J connectivity index is 1.62. The number of halogens is 2. The van der Waals surface area contributed by atoms with E-state index in [0.29, 0.717) is 15.9 Å². The van der Waals surface area contributed by atoms with E-state index in [1.54, 1.807) is 6.07 Å². The molecule has 2 nitrogen and oxygen atoms in total. The van der Waals surface area contributed by atoms with Gasteiger partial charge in [0, 0.05) is 21.7 Å². The van der Waals surface area contributed by atoms with Crippen molar-refractivity contribution in [2.24, 2.45) is 0 Å². The maximum absolute atomic E-state index is 6.46. The van der Waals surface area contributed by atoms with Gasteiger partial charge in [0.1, 0.15) is 5.82 Å². The highest BCUT2D eigenvalue weighted by Crippen LogP contribution is 2.36. The predicted octanol–water partition coefficient (Wildman–Crippen LogP) is 8.38. The molecular formula is C27H18Cl2N2. The Morgan fingerprint density at radius 2 is 1.16 bits per heavy atom. The first-order valence-corrected chi connectivity index (χ1v) is 10.7. The molecule has 0 unspecified atom stereocenters. The molecule has 1 aromatic heterocycles. The van der Waals surface area contributed by atoms with E-state index >= 15 is 0 Å². The van der Waals surface area contributed by atoms with Gasteiger partial charge in [-0.15, -0.1) is 0 Å². The van der Waals surface area contributed by atoms with E-state index in [4.69, 9.17) is 28.2 Å². The van der Waals surface area contributed by atoms with Gasteiger partial charge in [0.05, 0.1) is 16.4 Å². The van der Waals surface area contributed by atoms with Gasteiger partial charge in [0.25, 0.3) is 0 Å². The zero-order valence-corrected chi connectivity index (χ0v) is 18.0. The number of nitrogens with zero attached hydrogens (tertiary/aromatic N) is 1. The predicted molar refractivity (Wildman–Crippen MR) is 130 cm³/mol. The van der Waals surface area contributed by atoms with Crippen LogP contribution in [0.2, 0.25) is 10.0 Å². The second-order valence-corrected chi connectivity index (χ2v) is 8.09. The fourth-order valence-electron chi connectivity index (χ4n) is 3.66. The number of rotatable bonds is 4. The van der Waals surface area contributed by atoms with Crippen molar-refractivity contribution in [3.63, 3.8) is 0 Å². The van der Waals surface area contributed by atoms with Crippen molar-refractivity contribution >= 4 is 23.2 Å². The lowest BCUT2D eigenvalue weighted by atomic mass is 10.0. The van der Waals surface area contributed by atoms with Crippen molar-refractivity contribution in [2.45, 2.75) is 0 Å². The Morgan fingerprint density at radius 3 is 1.81 bits per heavy atom. The zero-order chi connectivity index (χ0) is 21.2. The molecule has 5 rings (SSSR count). The second-order valence-electron chi connectivity index (χ2n) is 7.24. The van der Waals surface area contributed by atoms with E-state index in [1.807, 2.05) is 48.5 Å². The Kier molecular flexibility index (Phi) is 5.33. The fourth-order valence-corrected chi connectivity index (χ4v) is 4.15. The fraction of sp³-hybridized carbons (Fsp3) is 0. The molecule has 0 saturated heterocycles. The molecule has 0 aliphatic rings. The van der Waals surface area contributed by atoms with Crippen molar-refractivity contribution in [3.05, 3.63) is 113 Å². The van der Waals surface area contributed by atoms with Crippen LogP contribution in [0.1, 0.15) is 0 Å². The van der Waals surface area contributed by atoms with E-state index in [0.717, 1.165) is 28.1 Å². The van der Waals surface area contributed by atoms with Crippen molar-refractivity contribution in [1.29, 1.82) is 0 Å². The topological polar surface area (TPSA) is 28.7 Å². The van der Waals surface area contributed by atoms with E-state index in [2.05, 4.69) is 53.5 Å². The maximum atomic E-state index is 6.46. The Hall–Kier alpha value is -3.33. The summed E-state index contributed by atoms with van der Waals surface area (Å²) in [6.07, 6.45) is 0. The third kappa shape index (κ3) is 4.00. The minimum atomic E-state index is 0.562. The molecule has 0 fully saturated rings. The van der Waals surface area contributed by atoms with Gasteiger partial charge in [0.2, 0.25) is 0 Å². The van der Waals surface area contributed by atoms with Gasteiger partial charge in [0.15, 0.2) is 0 Å². The first-order valence-electron chi connectivity index (χ1n) is 9.96. The highest BCUT2D eigenvalue weighted by atomic mass is 35.5. The number of benzene rings is 4. The van der Waals surface area contributed by atoms with Gasteiger partial charge < -0.3 is 4.98 Å². The molecule has 0 radical (unpaired) electrons. The molecule has 0 amide bonds. The minimum Gasteiger partial charge on any atom is -0.337 e. The van der Waals surface area contributed by atoms with Crippen LogP contribution in [0.15, 0.2) is 103 Å². The lowest BCUT2D eigenvalue weighted by Crippen LogP contribution is -1.84. The second kappa shape index (κ2) is 8.43. The van der Waals surface area contributed by atoms with Crippen LogP contribution in [-0.2, 0) is 0 Å². The molecule has 0 aliphatic heterocycles. The van der Waals surface area contributed by atoms with Crippen molar-refractivity contribution in [2.75, 3.05) is 0 Å². The van der Waals surface area contributed by atoms with Gasteiger partial charge >= 0.3 is 0 Å². The van der Waals surface area contributed by atoms with E-state index < -0.39 is 0 Å². The summed E-state index contributed by atoms with van der Waals surface area (Å²) in [5, 5.41) is 1.16. The van der Waals surface area contributed by atoms with Crippen molar-refractivity contribution in [3.8, 4) is 45.0 Å². The van der Waals surface area contributed by atoms with Crippen molar-refractivity contribution in [1.82, 2.24) is 9.97 Å². The number of nitrogens with one attached hydrogen (secondary N) is 1. The molecule has 5 aromatic rings. The lowest BCUT2D eigenvalue weighted by Gasteiger charge is -2.06. The first-order chi connectivity index (χ1) is 15.2. The molecule has 0 atom stereocenters. The lowest BCUT2D eigenvalue weighted by molar-refractivity contribution is 1.31. The Morgan fingerprint density at radius 1 is 0.581 bits per heavy atom. The summed E-state index contributed by atoms with van der Waals surface area (Å²) in [5.74, 6) is 0.711. The highest BCUT2D eigenvalue weighted by Gasteiger charge is 2.17. The molecule has 150 valence electrons. The van der Waals surface area contributed by atoms with Crippen LogP contribution >= 0.6 is 23.2 Å². The smallest absolute Gasteiger partial charge is 0.140 e. The number of aromatic nitrogens is 2. The van der Waals surface area contributed by atoms with Gasteiger partial charge in [-0.05, 0) is 29.3 Å². The van der Waals surface area contributed by atoms with Crippen LogP contribution in [0.4, 0.5) is 0 Å². The number of hydrogen-bond acceptors (Lipinski definition) is 1.